The Hall–Kier alpha value is -4.90. The van der Waals surface area contributed by atoms with E-state index < -0.39 is 22.5 Å². The van der Waals surface area contributed by atoms with Gasteiger partial charge in [-0.2, -0.15) is 5.10 Å². The van der Waals surface area contributed by atoms with Crippen molar-refractivity contribution in [3.05, 3.63) is 101 Å². The molecule has 0 bridgehead atoms. The molecule has 3 aromatic carbocycles. The van der Waals surface area contributed by atoms with Crippen LogP contribution >= 0.6 is 0 Å². The number of hydrogen-bond donors (Lipinski definition) is 2. The summed E-state index contributed by atoms with van der Waals surface area (Å²) in [5.41, 5.74) is 9.32. The summed E-state index contributed by atoms with van der Waals surface area (Å²) in [4.78, 5) is 24.3. The fourth-order valence-electron chi connectivity index (χ4n) is 4.84. The summed E-state index contributed by atoms with van der Waals surface area (Å²) in [6.07, 6.45) is 1.55. The molecule has 0 aliphatic carbocycles. The Morgan fingerprint density at radius 1 is 0.930 bits per heavy atom. The Labute approximate surface area is 252 Å². The maximum absolute atomic E-state index is 13.7. The largest absolute Gasteiger partial charge is 0.497 e. The average molecular weight is 602 g/mol. The molecule has 43 heavy (non-hydrogen) atoms. The van der Waals surface area contributed by atoms with Gasteiger partial charge in [0, 0.05) is 35.2 Å². The first-order chi connectivity index (χ1) is 20.4. The van der Waals surface area contributed by atoms with Crippen molar-refractivity contribution >= 4 is 39.4 Å². The van der Waals surface area contributed by atoms with Gasteiger partial charge in [0.2, 0.25) is 5.91 Å². The number of carbonyl (C=O) groups is 2. The lowest BCUT2D eigenvalue weighted by Crippen LogP contribution is -2.39. The molecule has 0 saturated carbocycles. The number of anilines is 2. The van der Waals surface area contributed by atoms with Gasteiger partial charge in [-0.15, -0.1) is 0 Å². The van der Waals surface area contributed by atoms with Crippen LogP contribution in [0.3, 0.4) is 0 Å². The lowest BCUT2D eigenvalue weighted by molar-refractivity contribution is -0.119. The molecule has 0 fully saturated rings. The van der Waals surface area contributed by atoms with Crippen LogP contribution in [0.5, 0.6) is 5.75 Å². The number of aromatic nitrogens is 1. The van der Waals surface area contributed by atoms with Crippen molar-refractivity contribution < 1.29 is 22.7 Å². The average Bonchev–Trinajstić information content (AvgIpc) is 3.23. The van der Waals surface area contributed by atoms with Gasteiger partial charge < -0.3 is 14.6 Å². The van der Waals surface area contributed by atoms with Crippen LogP contribution < -0.4 is 19.8 Å². The van der Waals surface area contributed by atoms with Gasteiger partial charge in [0.25, 0.3) is 15.9 Å². The molecule has 0 unspecified atom stereocenters. The zero-order chi connectivity index (χ0) is 31.3. The predicted octanol–water partition coefficient (Wildman–Crippen LogP) is 5.02. The zero-order valence-corrected chi connectivity index (χ0v) is 25.8. The first-order valence-corrected chi connectivity index (χ1v) is 15.0. The van der Waals surface area contributed by atoms with Crippen LogP contribution in [0.2, 0.25) is 0 Å². The van der Waals surface area contributed by atoms with Crippen LogP contribution in [0, 0.1) is 27.7 Å². The van der Waals surface area contributed by atoms with Gasteiger partial charge in [0.05, 0.1) is 23.9 Å². The maximum Gasteiger partial charge on any atom is 0.264 e. The second-order valence-corrected chi connectivity index (χ2v) is 12.1. The van der Waals surface area contributed by atoms with Gasteiger partial charge in [-0.05, 0) is 106 Å². The summed E-state index contributed by atoms with van der Waals surface area (Å²) in [6, 6.07) is 20.4. The van der Waals surface area contributed by atoms with E-state index in [1.54, 1.807) is 30.5 Å². The van der Waals surface area contributed by atoms with E-state index in [1.165, 1.54) is 38.3 Å². The summed E-state index contributed by atoms with van der Waals surface area (Å²) in [7, 11) is -2.67. The normalized spacial score (nSPS) is 11.4. The third-order valence-corrected chi connectivity index (χ3v) is 8.53. The topological polar surface area (TPSA) is 122 Å². The van der Waals surface area contributed by atoms with E-state index in [1.807, 2.05) is 19.9 Å². The number of hydrazone groups is 1. The SMILES string of the molecule is COc1ccc(N(CC(=O)N/N=C\c2cc(C)n(-c3cc(C)cc(C)c3)c2C)S(=O)(=O)c2ccc(NC(C)=O)cc2)cc1. The number of carbonyl (C=O) groups excluding carboxylic acids is 2. The monoisotopic (exact) mass is 601 g/mol. The van der Waals surface area contributed by atoms with Crippen LogP contribution in [-0.4, -0.2) is 44.7 Å². The summed E-state index contributed by atoms with van der Waals surface area (Å²) in [5.74, 6) is -0.373. The molecule has 4 rings (SSSR count). The molecule has 11 heteroatoms. The predicted molar refractivity (Wildman–Crippen MR) is 169 cm³/mol. The number of nitrogens with zero attached hydrogens (tertiary/aromatic N) is 3. The van der Waals surface area contributed by atoms with Gasteiger partial charge in [-0.1, -0.05) is 6.07 Å². The molecule has 1 heterocycles. The zero-order valence-electron chi connectivity index (χ0n) is 25.0. The second kappa shape index (κ2) is 13.0. The standard InChI is InChI=1S/C32H35N5O5S/c1-21-15-22(2)17-29(16-21)37-23(3)18-26(24(37)4)19-33-35-32(39)20-36(28-9-11-30(42-6)12-10-28)43(40,41)31-13-7-27(8-14-31)34-25(5)38/h7-19H,20H2,1-6H3,(H,34,38)(H,35,39)/b33-19-. The third kappa shape index (κ3) is 7.31. The first kappa shape index (κ1) is 31.0. The molecule has 0 aliphatic rings. The van der Waals surface area contributed by atoms with Crippen molar-refractivity contribution in [2.75, 3.05) is 23.3 Å². The molecular weight excluding hydrogens is 566 g/mol. The summed E-state index contributed by atoms with van der Waals surface area (Å²) < 4.78 is 35.7. The van der Waals surface area contributed by atoms with Crippen molar-refractivity contribution in [2.24, 2.45) is 5.10 Å². The number of benzene rings is 3. The lowest BCUT2D eigenvalue weighted by Gasteiger charge is -2.24. The number of rotatable bonds is 10. The fraction of sp³-hybridized carbons (Fsp3) is 0.219. The van der Waals surface area contributed by atoms with Crippen molar-refractivity contribution in [3.8, 4) is 11.4 Å². The molecular formula is C32H35N5O5S. The van der Waals surface area contributed by atoms with Crippen molar-refractivity contribution in [1.29, 1.82) is 0 Å². The number of nitrogens with one attached hydrogen (secondary N) is 2. The second-order valence-electron chi connectivity index (χ2n) is 10.2. The Kier molecular flexibility index (Phi) is 9.35. The fourth-order valence-corrected chi connectivity index (χ4v) is 6.26. The van der Waals surface area contributed by atoms with Gasteiger partial charge >= 0.3 is 0 Å². The van der Waals surface area contributed by atoms with Gasteiger partial charge in [-0.25, -0.2) is 13.8 Å². The van der Waals surface area contributed by atoms with E-state index in [0.29, 0.717) is 11.4 Å². The number of aryl methyl sites for hydroxylation is 3. The van der Waals surface area contributed by atoms with Crippen molar-refractivity contribution in [3.63, 3.8) is 0 Å². The van der Waals surface area contributed by atoms with Crippen LogP contribution in [0.25, 0.3) is 5.69 Å². The molecule has 1 aromatic heterocycles. The van der Waals surface area contributed by atoms with Gasteiger partial charge in [0.1, 0.15) is 12.3 Å². The van der Waals surface area contributed by atoms with Gasteiger partial charge in [0.15, 0.2) is 0 Å². The molecule has 224 valence electrons. The highest BCUT2D eigenvalue weighted by molar-refractivity contribution is 7.92. The van der Waals surface area contributed by atoms with Gasteiger partial charge in [-0.3, -0.25) is 13.9 Å². The van der Waals surface area contributed by atoms with E-state index in [2.05, 4.69) is 52.5 Å². The first-order valence-electron chi connectivity index (χ1n) is 13.5. The minimum absolute atomic E-state index is 0.0486. The molecule has 0 saturated heterocycles. The van der Waals surface area contributed by atoms with Crippen molar-refractivity contribution in [2.45, 2.75) is 39.5 Å². The molecule has 0 radical (unpaired) electrons. The Balaban J connectivity index is 1.56. The van der Waals surface area contributed by atoms with Crippen molar-refractivity contribution in [1.82, 2.24) is 9.99 Å². The van der Waals surface area contributed by atoms with E-state index >= 15 is 0 Å². The Bertz CT molecular complexity index is 1760. The Morgan fingerprint density at radius 2 is 1.56 bits per heavy atom. The lowest BCUT2D eigenvalue weighted by atomic mass is 10.1. The van der Waals surface area contributed by atoms with E-state index in [-0.39, 0.29) is 16.5 Å². The van der Waals surface area contributed by atoms with Crippen LogP contribution in [0.15, 0.2) is 82.8 Å². The highest BCUT2D eigenvalue weighted by Crippen LogP contribution is 2.27. The number of ether oxygens (including phenoxy) is 1. The van der Waals surface area contributed by atoms with Crippen LogP contribution in [0.1, 0.15) is 35.0 Å². The molecule has 4 aromatic rings. The minimum Gasteiger partial charge on any atom is -0.497 e. The van der Waals surface area contributed by atoms with E-state index in [9.17, 15) is 18.0 Å². The molecule has 0 spiro atoms. The minimum atomic E-state index is -4.17. The maximum atomic E-state index is 13.7. The summed E-state index contributed by atoms with van der Waals surface area (Å²) >= 11 is 0. The number of methoxy groups -OCH3 is 1. The van der Waals surface area contributed by atoms with Crippen LogP contribution in [0.4, 0.5) is 11.4 Å². The molecule has 2 N–H and O–H groups in total. The quantitative estimate of drug-likeness (QED) is 0.195. The highest BCUT2D eigenvalue weighted by Gasteiger charge is 2.27. The smallest absolute Gasteiger partial charge is 0.264 e. The molecule has 10 nitrogen and oxygen atoms in total. The molecule has 2 amide bonds. The molecule has 0 atom stereocenters. The number of hydrogen-bond acceptors (Lipinski definition) is 6. The van der Waals surface area contributed by atoms with E-state index in [0.717, 1.165) is 38.1 Å². The number of sulfonamides is 1. The summed E-state index contributed by atoms with van der Waals surface area (Å²) in [5, 5.41) is 6.74. The molecule has 0 aliphatic heterocycles. The highest BCUT2D eigenvalue weighted by atomic mass is 32.2. The van der Waals surface area contributed by atoms with Crippen LogP contribution in [-0.2, 0) is 19.6 Å². The summed E-state index contributed by atoms with van der Waals surface area (Å²) in [6.45, 7) is 8.92. The number of amides is 2. The van der Waals surface area contributed by atoms with E-state index in [4.69, 9.17) is 4.74 Å². The third-order valence-electron chi connectivity index (χ3n) is 6.74. The Morgan fingerprint density at radius 3 is 2.14 bits per heavy atom.